The van der Waals surface area contributed by atoms with Crippen LogP contribution in [0.15, 0.2) is 47.1 Å². The minimum Gasteiger partial charge on any atom is -0.508 e. The molecule has 22 heavy (non-hydrogen) atoms. The molecule has 3 aromatic rings. The van der Waals surface area contributed by atoms with Crippen molar-refractivity contribution < 1.29 is 14.6 Å². The molecule has 0 radical (unpaired) electrons. The number of rotatable bonds is 3. The summed E-state index contributed by atoms with van der Waals surface area (Å²) in [6.45, 7) is 2.12. The molecule has 0 spiro atoms. The van der Waals surface area contributed by atoms with Gasteiger partial charge in [-0.2, -0.15) is 5.10 Å². The number of carbonyl (C=O) groups is 1. The molecule has 1 aromatic carbocycles. The van der Waals surface area contributed by atoms with Crippen molar-refractivity contribution in [2.24, 2.45) is 0 Å². The van der Waals surface area contributed by atoms with Crippen LogP contribution < -0.4 is 0 Å². The van der Waals surface area contributed by atoms with E-state index < -0.39 is 0 Å². The molecule has 0 amide bonds. The van der Waals surface area contributed by atoms with Crippen molar-refractivity contribution in [3.05, 3.63) is 52.6 Å². The number of aromatic hydroxyl groups is 1. The maximum atomic E-state index is 11.8. The predicted octanol–water partition coefficient (Wildman–Crippen LogP) is 3.65. The Kier molecular flexibility index (Phi) is 3.85. The van der Waals surface area contributed by atoms with Gasteiger partial charge in [-0.3, -0.25) is 0 Å². The van der Waals surface area contributed by atoms with Gasteiger partial charge in [0, 0.05) is 16.2 Å². The summed E-state index contributed by atoms with van der Waals surface area (Å²) in [6, 6.07) is 10.3. The molecule has 0 aliphatic rings. The first-order chi connectivity index (χ1) is 10.6. The Balaban J connectivity index is 2.04. The van der Waals surface area contributed by atoms with Crippen LogP contribution in [-0.4, -0.2) is 27.3 Å². The third-order valence-corrected chi connectivity index (χ3v) is 3.86. The van der Waals surface area contributed by atoms with E-state index >= 15 is 0 Å². The molecule has 5 nitrogen and oxygen atoms in total. The summed E-state index contributed by atoms with van der Waals surface area (Å²) in [6.07, 6.45) is 1.72. The normalized spacial score (nSPS) is 10.8. The predicted molar refractivity (Wildman–Crippen MR) is 85.9 cm³/mol. The fourth-order valence-electron chi connectivity index (χ4n) is 2.18. The van der Waals surface area contributed by atoms with Crippen LogP contribution in [0.3, 0.4) is 0 Å². The average molecular weight is 361 g/mol. The van der Waals surface area contributed by atoms with E-state index in [1.807, 2.05) is 6.07 Å². The number of benzene rings is 1. The quantitative estimate of drug-likeness (QED) is 0.724. The van der Waals surface area contributed by atoms with Crippen LogP contribution in [0.2, 0.25) is 0 Å². The van der Waals surface area contributed by atoms with E-state index in [1.54, 1.807) is 48.0 Å². The van der Waals surface area contributed by atoms with Crippen LogP contribution in [0.5, 0.6) is 5.75 Å². The number of fused-ring (bicyclic) bond motifs is 1. The van der Waals surface area contributed by atoms with E-state index in [0.717, 1.165) is 21.2 Å². The Morgan fingerprint density at radius 1 is 1.32 bits per heavy atom. The number of hydrogen-bond donors (Lipinski definition) is 1. The summed E-state index contributed by atoms with van der Waals surface area (Å²) in [5.41, 5.74) is 2.89. The summed E-state index contributed by atoms with van der Waals surface area (Å²) >= 11 is 3.42. The molecule has 0 fully saturated rings. The zero-order valence-corrected chi connectivity index (χ0v) is 13.4. The van der Waals surface area contributed by atoms with E-state index in [0.29, 0.717) is 12.2 Å². The lowest BCUT2D eigenvalue weighted by Crippen LogP contribution is -2.05. The Bertz CT molecular complexity index is 858. The van der Waals surface area contributed by atoms with Crippen LogP contribution in [0, 0.1) is 0 Å². The smallest absolute Gasteiger partial charge is 0.338 e. The lowest BCUT2D eigenvalue weighted by molar-refractivity contribution is 0.0526. The van der Waals surface area contributed by atoms with Gasteiger partial charge in [-0.05, 0) is 59.3 Å². The topological polar surface area (TPSA) is 63.8 Å². The van der Waals surface area contributed by atoms with Crippen molar-refractivity contribution in [1.82, 2.24) is 9.61 Å². The highest BCUT2D eigenvalue weighted by molar-refractivity contribution is 9.10. The van der Waals surface area contributed by atoms with Gasteiger partial charge in [-0.15, -0.1) is 0 Å². The molecule has 0 atom stereocenters. The molecule has 0 aliphatic carbocycles. The summed E-state index contributed by atoms with van der Waals surface area (Å²) in [4.78, 5) is 11.8. The number of phenols is 1. The SMILES string of the molecule is CCOC(=O)c1ccn2nc(-c3ccc(O)cc3Br)cc2c1. The van der Waals surface area contributed by atoms with Crippen molar-refractivity contribution in [3.63, 3.8) is 0 Å². The monoisotopic (exact) mass is 360 g/mol. The summed E-state index contributed by atoms with van der Waals surface area (Å²) in [5.74, 6) is -0.164. The number of nitrogens with zero attached hydrogens (tertiary/aromatic N) is 2. The standard InChI is InChI=1S/C16H13BrN2O3/c1-2-22-16(21)10-5-6-19-11(7-10)8-15(18-19)13-4-3-12(20)9-14(13)17/h3-9,20H,2H2,1H3. The Morgan fingerprint density at radius 3 is 2.86 bits per heavy atom. The molecule has 0 aliphatic heterocycles. The van der Waals surface area contributed by atoms with Crippen molar-refractivity contribution >= 4 is 27.4 Å². The van der Waals surface area contributed by atoms with Crippen LogP contribution >= 0.6 is 15.9 Å². The fraction of sp³-hybridized carbons (Fsp3) is 0.125. The number of phenolic OH excluding ortho intramolecular Hbond substituents is 1. The Morgan fingerprint density at radius 2 is 2.14 bits per heavy atom. The highest BCUT2D eigenvalue weighted by Crippen LogP contribution is 2.31. The lowest BCUT2D eigenvalue weighted by atomic mass is 10.1. The first kappa shape index (κ1) is 14.6. The van der Waals surface area contributed by atoms with Gasteiger partial charge < -0.3 is 9.84 Å². The number of ether oxygens (including phenoxy) is 1. The van der Waals surface area contributed by atoms with Gasteiger partial charge in [-0.25, -0.2) is 9.31 Å². The second-order valence-corrected chi connectivity index (χ2v) is 5.55. The third kappa shape index (κ3) is 2.69. The number of carbonyl (C=O) groups excluding carboxylic acids is 1. The molecule has 1 N–H and O–H groups in total. The van der Waals surface area contributed by atoms with Gasteiger partial charge in [0.25, 0.3) is 0 Å². The third-order valence-electron chi connectivity index (χ3n) is 3.20. The van der Waals surface area contributed by atoms with E-state index in [2.05, 4.69) is 21.0 Å². The molecule has 0 saturated heterocycles. The second kappa shape index (κ2) is 5.81. The molecule has 0 unspecified atom stereocenters. The Labute approximate surface area is 135 Å². The van der Waals surface area contributed by atoms with Crippen molar-refractivity contribution in [1.29, 1.82) is 0 Å². The van der Waals surface area contributed by atoms with Crippen LogP contribution in [0.25, 0.3) is 16.8 Å². The number of aromatic nitrogens is 2. The highest BCUT2D eigenvalue weighted by Gasteiger charge is 2.11. The number of pyridine rings is 1. The summed E-state index contributed by atoms with van der Waals surface area (Å²) in [5, 5.41) is 13.9. The molecule has 2 aromatic heterocycles. The van der Waals surface area contributed by atoms with Crippen LogP contribution in [0.1, 0.15) is 17.3 Å². The van der Waals surface area contributed by atoms with Crippen LogP contribution in [0.4, 0.5) is 0 Å². The number of esters is 1. The van der Waals surface area contributed by atoms with E-state index in [1.165, 1.54) is 0 Å². The first-order valence-corrected chi connectivity index (χ1v) is 7.53. The minimum absolute atomic E-state index is 0.184. The first-order valence-electron chi connectivity index (χ1n) is 6.74. The maximum absolute atomic E-state index is 11.8. The lowest BCUT2D eigenvalue weighted by Gasteiger charge is -2.01. The van der Waals surface area contributed by atoms with Gasteiger partial charge in [-0.1, -0.05) is 0 Å². The molecular formula is C16H13BrN2O3. The fourth-order valence-corrected chi connectivity index (χ4v) is 2.75. The second-order valence-electron chi connectivity index (χ2n) is 4.70. The highest BCUT2D eigenvalue weighted by atomic mass is 79.9. The molecule has 3 rings (SSSR count). The van der Waals surface area contributed by atoms with Crippen molar-refractivity contribution in [2.45, 2.75) is 6.92 Å². The molecular weight excluding hydrogens is 348 g/mol. The van der Waals surface area contributed by atoms with Crippen molar-refractivity contribution in [3.8, 4) is 17.0 Å². The van der Waals surface area contributed by atoms with Gasteiger partial charge in [0.05, 0.1) is 23.4 Å². The van der Waals surface area contributed by atoms with Gasteiger partial charge in [0.1, 0.15) is 5.75 Å². The number of hydrogen-bond acceptors (Lipinski definition) is 4. The largest absolute Gasteiger partial charge is 0.508 e. The molecule has 112 valence electrons. The maximum Gasteiger partial charge on any atom is 0.338 e. The molecule has 6 heteroatoms. The minimum atomic E-state index is -0.349. The summed E-state index contributed by atoms with van der Waals surface area (Å²) < 4.78 is 7.44. The van der Waals surface area contributed by atoms with Gasteiger partial charge in [0.2, 0.25) is 0 Å². The van der Waals surface area contributed by atoms with Gasteiger partial charge in [0.15, 0.2) is 0 Å². The average Bonchev–Trinajstić information content (AvgIpc) is 2.89. The van der Waals surface area contributed by atoms with E-state index in [-0.39, 0.29) is 11.7 Å². The molecule has 2 heterocycles. The van der Waals surface area contributed by atoms with E-state index in [9.17, 15) is 9.90 Å². The van der Waals surface area contributed by atoms with Crippen LogP contribution in [-0.2, 0) is 4.74 Å². The molecule has 0 bridgehead atoms. The summed E-state index contributed by atoms with van der Waals surface area (Å²) in [7, 11) is 0. The Hall–Kier alpha value is -2.34. The number of halogens is 1. The molecule has 0 saturated carbocycles. The van der Waals surface area contributed by atoms with E-state index in [4.69, 9.17) is 4.74 Å². The van der Waals surface area contributed by atoms with Crippen molar-refractivity contribution in [2.75, 3.05) is 6.61 Å². The van der Waals surface area contributed by atoms with Gasteiger partial charge >= 0.3 is 5.97 Å². The zero-order valence-electron chi connectivity index (χ0n) is 11.8. The zero-order chi connectivity index (χ0) is 15.7.